The zero-order chi connectivity index (χ0) is 11.2. The molecule has 0 heterocycles. The molecule has 0 saturated carbocycles. The summed E-state index contributed by atoms with van der Waals surface area (Å²) in [7, 11) is -3.86. The van der Waals surface area contributed by atoms with Crippen LogP contribution in [-0.2, 0) is 4.57 Å². The van der Waals surface area contributed by atoms with E-state index in [0.29, 0.717) is 0 Å². The molecule has 0 aliphatic rings. The minimum Gasteiger partial charge on any atom is -0.324 e. The topological polar surface area (TPSA) is 57.5 Å². The molecule has 0 aliphatic carbocycles. The summed E-state index contributed by atoms with van der Waals surface area (Å²) in [5, 5.41) is 0. The van der Waals surface area contributed by atoms with Gasteiger partial charge in [-0.25, -0.2) is 0 Å². The number of rotatable bonds is 7. The SMILES string of the molecule is CCCCC(CC)(CC)CP(=O)(O)O. The van der Waals surface area contributed by atoms with E-state index < -0.39 is 7.60 Å². The molecular weight excluding hydrogens is 199 g/mol. The summed E-state index contributed by atoms with van der Waals surface area (Å²) in [6, 6.07) is 0. The van der Waals surface area contributed by atoms with Crippen molar-refractivity contribution in [3.63, 3.8) is 0 Å². The Kier molecular flexibility index (Phi) is 5.96. The molecular formula is C10H23O3P. The fraction of sp³-hybridized carbons (Fsp3) is 1.00. The third-order valence-electron chi connectivity index (χ3n) is 3.10. The molecule has 0 radical (unpaired) electrons. The minimum absolute atomic E-state index is 0.0486. The fourth-order valence-electron chi connectivity index (χ4n) is 1.89. The molecule has 0 bridgehead atoms. The van der Waals surface area contributed by atoms with E-state index in [0.717, 1.165) is 32.1 Å². The van der Waals surface area contributed by atoms with Gasteiger partial charge in [0.1, 0.15) is 0 Å². The Morgan fingerprint density at radius 3 is 1.93 bits per heavy atom. The van der Waals surface area contributed by atoms with E-state index in [1.165, 1.54) is 0 Å². The van der Waals surface area contributed by atoms with Crippen LogP contribution in [0.15, 0.2) is 0 Å². The summed E-state index contributed by atoms with van der Waals surface area (Å²) in [4.78, 5) is 18.1. The maximum absolute atomic E-state index is 11.0. The van der Waals surface area contributed by atoms with Crippen LogP contribution in [0.3, 0.4) is 0 Å². The summed E-state index contributed by atoms with van der Waals surface area (Å²) < 4.78 is 11.0. The van der Waals surface area contributed by atoms with Gasteiger partial charge in [0.2, 0.25) is 0 Å². The molecule has 0 aromatic carbocycles. The van der Waals surface area contributed by atoms with E-state index >= 15 is 0 Å². The maximum Gasteiger partial charge on any atom is 0.326 e. The smallest absolute Gasteiger partial charge is 0.324 e. The van der Waals surface area contributed by atoms with Gasteiger partial charge in [0.05, 0.1) is 6.16 Å². The lowest BCUT2D eigenvalue weighted by Gasteiger charge is -2.31. The van der Waals surface area contributed by atoms with E-state index in [1.54, 1.807) is 0 Å². The molecule has 0 aromatic rings. The quantitative estimate of drug-likeness (QED) is 0.650. The van der Waals surface area contributed by atoms with Crippen LogP contribution in [0.5, 0.6) is 0 Å². The second kappa shape index (κ2) is 5.89. The molecule has 14 heavy (non-hydrogen) atoms. The van der Waals surface area contributed by atoms with Gasteiger partial charge in [-0.15, -0.1) is 0 Å². The predicted molar refractivity (Wildman–Crippen MR) is 59.5 cm³/mol. The fourth-order valence-corrected chi connectivity index (χ4v) is 3.37. The van der Waals surface area contributed by atoms with Crippen LogP contribution in [0.1, 0.15) is 52.9 Å². The first-order valence-corrected chi connectivity index (χ1v) is 7.23. The van der Waals surface area contributed by atoms with Gasteiger partial charge in [0.15, 0.2) is 0 Å². The summed E-state index contributed by atoms with van der Waals surface area (Å²) in [6.07, 6.45) is 4.84. The van der Waals surface area contributed by atoms with E-state index in [1.807, 2.05) is 13.8 Å². The van der Waals surface area contributed by atoms with Crippen molar-refractivity contribution in [3.05, 3.63) is 0 Å². The van der Waals surface area contributed by atoms with Gasteiger partial charge in [-0.2, -0.15) is 0 Å². The monoisotopic (exact) mass is 222 g/mol. The van der Waals surface area contributed by atoms with Crippen molar-refractivity contribution in [3.8, 4) is 0 Å². The molecule has 4 heteroatoms. The van der Waals surface area contributed by atoms with Crippen molar-refractivity contribution < 1.29 is 14.4 Å². The van der Waals surface area contributed by atoms with Gasteiger partial charge < -0.3 is 9.79 Å². The van der Waals surface area contributed by atoms with Gasteiger partial charge >= 0.3 is 7.60 Å². The third kappa shape index (κ3) is 5.14. The highest BCUT2D eigenvalue weighted by molar-refractivity contribution is 7.51. The lowest BCUT2D eigenvalue weighted by Crippen LogP contribution is -2.23. The van der Waals surface area contributed by atoms with Gasteiger partial charge in [0.25, 0.3) is 0 Å². The third-order valence-corrected chi connectivity index (χ3v) is 4.18. The first-order valence-electron chi connectivity index (χ1n) is 5.43. The number of unbranched alkanes of at least 4 members (excludes halogenated alkanes) is 1. The van der Waals surface area contributed by atoms with E-state index in [9.17, 15) is 4.57 Å². The molecule has 0 saturated heterocycles. The molecule has 0 aliphatic heterocycles. The largest absolute Gasteiger partial charge is 0.326 e. The Bertz CT molecular complexity index is 194. The second-order valence-corrected chi connectivity index (χ2v) is 5.78. The molecule has 3 nitrogen and oxygen atoms in total. The number of hydrogen-bond acceptors (Lipinski definition) is 1. The van der Waals surface area contributed by atoms with Crippen molar-refractivity contribution in [2.45, 2.75) is 52.9 Å². The van der Waals surface area contributed by atoms with Crippen molar-refractivity contribution in [2.24, 2.45) is 5.41 Å². The molecule has 0 unspecified atom stereocenters. The van der Waals surface area contributed by atoms with Crippen molar-refractivity contribution >= 4 is 7.60 Å². The predicted octanol–water partition coefficient (Wildman–Crippen LogP) is 3.16. The van der Waals surface area contributed by atoms with Crippen molar-refractivity contribution in [1.29, 1.82) is 0 Å². The van der Waals surface area contributed by atoms with Gasteiger partial charge in [0, 0.05) is 0 Å². The highest BCUT2D eigenvalue weighted by Crippen LogP contribution is 2.47. The van der Waals surface area contributed by atoms with Crippen LogP contribution in [0.2, 0.25) is 0 Å². The first kappa shape index (κ1) is 14.2. The first-order chi connectivity index (χ1) is 6.39. The van der Waals surface area contributed by atoms with Gasteiger partial charge in [-0.1, -0.05) is 33.6 Å². The molecule has 0 spiro atoms. The average Bonchev–Trinajstić information content (AvgIpc) is 2.10. The average molecular weight is 222 g/mol. The summed E-state index contributed by atoms with van der Waals surface area (Å²) >= 11 is 0. The number of hydrogen-bond donors (Lipinski definition) is 2. The van der Waals surface area contributed by atoms with Gasteiger partial charge in [-0.3, -0.25) is 4.57 Å². The molecule has 0 fully saturated rings. The van der Waals surface area contributed by atoms with Crippen molar-refractivity contribution in [1.82, 2.24) is 0 Å². The van der Waals surface area contributed by atoms with E-state index in [-0.39, 0.29) is 11.6 Å². The van der Waals surface area contributed by atoms with Crippen LogP contribution in [0.4, 0.5) is 0 Å². The summed E-state index contributed by atoms with van der Waals surface area (Å²) in [5.74, 6) is 0. The zero-order valence-electron chi connectivity index (χ0n) is 9.49. The molecule has 0 atom stereocenters. The highest BCUT2D eigenvalue weighted by atomic mass is 31.2. The zero-order valence-corrected chi connectivity index (χ0v) is 10.4. The normalized spacial score (nSPS) is 13.2. The summed E-state index contributed by atoms with van der Waals surface area (Å²) in [5.41, 5.74) is -0.144. The Hall–Kier alpha value is 0.150. The Morgan fingerprint density at radius 2 is 1.64 bits per heavy atom. The van der Waals surface area contributed by atoms with Crippen LogP contribution in [0.25, 0.3) is 0 Å². The van der Waals surface area contributed by atoms with E-state index in [2.05, 4.69) is 6.92 Å². The molecule has 0 amide bonds. The van der Waals surface area contributed by atoms with Crippen LogP contribution < -0.4 is 0 Å². The molecule has 0 rings (SSSR count). The Balaban J connectivity index is 4.44. The van der Waals surface area contributed by atoms with Gasteiger partial charge in [-0.05, 0) is 24.7 Å². The maximum atomic E-state index is 11.0. The molecule has 2 N–H and O–H groups in total. The van der Waals surface area contributed by atoms with Crippen LogP contribution in [0, 0.1) is 5.41 Å². The Labute approximate surface area is 87.1 Å². The van der Waals surface area contributed by atoms with E-state index in [4.69, 9.17) is 9.79 Å². The van der Waals surface area contributed by atoms with Crippen LogP contribution in [-0.4, -0.2) is 15.9 Å². The minimum atomic E-state index is -3.86. The lowest BCUT2D eigenvalue weighted by atomic mass is 9.80. The van der Waals surface area contributed by atoms with Crippen molar-refractivity contribution in [2.75, 3.05) is 6.16 Å². The second-order valence-electron chi connectivity index (χ2n) is 4.13. The standard InChI is InChI=1S/C10H23O3P/c1-4-7-8-10(5-2,6-3)9-14(11,12)13/h4-9H2,1-3H3,(H2,11,12,13). The summed E-state index contributed by atoms with van der Waals surface area (Å²) in [6.45, 7) is 6.15. The lowest BCUT2D eigenvalue weighted by molar-refractivity contribution is 0.245. The molecule has 0 aromatic heterocycles. The van der Waals surface area contributed by atoms with Crippen LogP contribution >= 0.6 is 7.60 Å². The highest BCUT2D eigenvalue weighted by Gasteiger charge is 2.33. The molecule has 86 valence electrons. The Morgan fingerprint density at radius 1 is 1.14 bits per heavy atom.